The van der Waals surface area contributed by atoms with Crippen molar-refractivity contribution in [2.75, 3.05) is 4.72 Å². The van der Waals surface area contributed by atoms with E-state index in [1.165, 1.54) is 24.3 Å². The average molecular weight is 312 g/mol. The monoisotopic (exact) mass is 312 g/mol. The molecule has 0 heterocycles. The van der Waals surface area contributed by atoms with E-state index in [2.05, 4.69) is 0 Å². The van der Waals surface area contributed by atoms with E-state index >= 15 is 0 Å². The summed E-state index contributed by atoms with van der Waals surface area (Å²) < 4.78 is 39.7. The molecule has 0 unspecified atom stereocenters. The fourth-order valence-corrected chi connectivity index (χ4v) is 2.74. The van der Waals surface area contributed by atoms with Crippen molar-refractivity contribution in [3.8, 4) is 5.75 Å². The lowest BCUT2D eigenvalue weighted by atomic mass is 10.3. The summed E-state index contributed by atoms with van der Waals surface area (Å²) in [6.07, 6.45) is 0. The number of anilines is 1. The zero-order valence-electron chi connectivity index (χ0n) is 10.4. The van der Waals surface area contributed by atoms with Crippen molar-refractivity contribution in [3.63, 3.8) is 0 Å². The minimum absolute atomic E-state index is 0.164. The van der Waals surface area contributed by atoms with Gasteiger partial charge in [-0.2, -0.15) is 0 Å². The Morgan fingerprint density at radius 1 is 1.19 bits per heavy atom. The number of hydrogen-bond acceptors (Lipinski definition) is 5. The topological polar surface area (TPSA) is 110 Å². The molecular weight excluding hydrogens is 303 g/mol. The normalized spacial score (nSPS) is 11.1. The average Bonchev–Trinajstić information content (AvgIpc) is 2.41. The molecule has 0 aliphatic rings. The summed E-state index contributed by atoms with van der Waals surface area (Å²) in [5, 5.41) is 20.1. The smallest absolute Gasteiger partial charge is 0.271 e. The lowest BCUT2D eigenvalue weighted by Crippen LogP contribution is -2.15. The van der Waals surface area contributed by atoms with Crippen LogP contribution in [0, 0.1) is 15.9 Å². The highest BCUT2D eigenvalue weighted by molar-refractivity contribution is 7.92. The van der Waals surface area contributed by atoms with Crippen molar-refractivity contribution in [1.82, 2.24) is 0 Å². The number of aromatic hydroxyl groups is 1. The minimum Gasteiger partial charge on any atom is -0.506 e. The molecule has 110 valence electrons. The first-order chi connectivity index (χ1) is 9.81. The van der Waals surface area contributed by atoms with Crippen molar-refractivity contribution < 1.29 is 22.8 Å². The minimum atomic E-state index is -4.41. The Hall–Kier alpha value is -2.68. The molecule has 0 aliphatic carbocycles. The van der Waals surface area contributed by atoms with E-state index in [4.69, 9.17) is 0 Å². The van der Waals surface area contributed by atoms with Crippen LogP contribution in [0.15, 0.2) is 47.4 Å². The second kappa shape index (κ2) is 5.37. The van der Waals surface area contributed by atoms with Crippen LogP contribution in [-0.4, -0.2) is 18.4 Å². The largest absolute Gasteiger partial charge is 0.506 e. The predicted octanol–water partition coefficient (Wildman–Crippen LogP) is 2.24. The molecular formula is C12H9FN2O5S. The third-order valence-corrected chi connectivity index (χ3v) is 3.94. The van der Waals surface area contributed by atoms with Crippen molar-refractivity contribution in [2.45, 2.75) is 4.90 Å². The number of nitrogens with one attached hydrogen (secondary N) is 1. The number of hydrogen-bond donors (Lipinski definition) is 2. The Balaban J connectivity index is 2.47. The number of halogens is 1. The van der Waals surface area contributed by atoms with E-state index in [1.54, 1.807) is 0 Å². The van der Waals surface area contributed by atoms with Gasteiger partial charge in [-0.3, -0.25) is 14.8 Å². The summed E-state index contributed by atoms with van der Waals surface area (Å²) in [6.45, 7) is 0. The van der Waals surface area contributed by atoms with Gasteiger partial charge < -0.3 is 5.11 Å². The lowest BCUT2D eigenvalue weighted by molar-refractivity contribution is -0.385. The molecule has 0 saturated carbocycles. The molecule has 2 aromatic rings. The van der Waals surface area contributed by atoms with Gasteiger partial charge in [-0.1, -0.05) is 12.1 Å². The second-order valence-electron chi connectivity index (χ2n) is 3.99. The molecule has 0 saturated heterocycles. The molecule has 2 aromatic carbocycles. The molecule has 0 radical (unpaired) electrons. The Kier molecular flexibility index (Phi) is 3.76. The SMILES string of the molecule is O=[N+]([O-])c1ccc(F)c(S(=O)(=O)Nc2ccccc2O)c1. The van der Waals surface area contributed by atoms with Crippen LogP contribution >= 0.6 is 0 Å². The number of nitrogens with zero attached hydrogens (tertiary/aromatic N) is 1. The summed E-state index contributed by atoms with van der Waals surface area (Å²) in [5.74, 6) is -1.49. The number of rotatable bonds is 4. The van der Waals surface area contributed by atoms with Crippen molar-refractivity contribution in [2.24, 2.45) is 0 Å². The number of sulfonamides is 1. The molecule has 2 N–H and O–H groups in total. The molecule has 0 amide bonds. The first-order valence-corrected chi connectivity index (χ1v) is 7.04. The van der Waals surface area contributed by atoms with Gasteiger partial charge in [0.15, 0.2) is 0 Å². The van der Waals surface area contributed by atoms with Gasteiger partial charge >= 0.3 is 0 Å². The van der Waals surface area contributed by atoms with Crippen LogP contribution in [0.1, 0.15) is 0 Å². The number of para-hydroxylation sites is 2. The molecule has 2 rings (SSSR count). The van der Waals surface area contributed by atoms with Crippen molar-refractivity contribution in [3.05, 3.63) is 58.4 Å². The number of non-ortho nitro benzene ring substituents is 1. The number of phenols is 1. The van der Waals surface area contributed by atoms with E-state index in [0.717, 1.165) is 6.07 Å². The highest BCUT2D eigenvalue weighted by Gasteiger charge is 2.23. The van der Waals surface area contributed by atoms with E-state index in [0.29, 0.717) is 12.1 Å². The molecule has 9 heteroatoms. The van der Waals surface area contributed by atoms with Crippen LogP contribution in [0.5, 0.6) is 5.75 Å². The maximum absolute atomic E-state index is 13.6. The molecule has 0 fully saturated rings. The Morgan fingerprint density at radius 3 is 2.48 bits per heavy atom. The summed E-state index contributed by atoms with van der Waals surface area (Å²) in [7, 11) is -4.41. The molecule has 0 aromatic heterocycles. The van der Waals surface area contributed by atoms with E-state index in [1.807, 2.05) is 4.72 Å². The second-order valence-corrected chi connectivity index (χ2v) is 5.65. The number of phenolic OH excluding ortho intramolecular Hbond substituents is 1. The maximum Gasteiger partial charge on any atom is 0.271 e. The Morgan fingerprint density at radius 2 is 1.86 bits per heavy atom. The summed E-state index contributed by atoms with van der Waals surface area (Å²) in [6, 6.07) is 7.59. The van der Waals surface area contributed by atoms with Gasteiger partial charge in [0.2, 0.25) is 0 Å². The van der Waals surface area contributed by atoms with Gasteiger partial charge in [-0.25, -0.2) is 12.8 Å². The predicted molar refractivity (Wildman–Crippen MR) is 72.0 cm³/mol. The third kappa shape index (κ3) is 3.08. The van der Waals surface area contributed by atoms with Gasteiger partial charge in [-0.15, -0.1) is 0 Å². The molecule has 0 spiro atoms. The first kappa shape index (κ1) is 14.7. The lowest BCUT2D eigenvalue weighted by Gasteiger charge is -2.09. The summed E-state index contributed by atoms with van der Waals surface area (Å²) in [5.41, 5.74) is -0.725. The van der Waals surface area contributed by atoms with Crippen LogP contribution in [0.3, 0.4) is 0 Å². The zero-order chi connectivity index (χ0) is 15.6. The van der Waals surface area contributed by atoms with E-state index in [9.17, 15) is 28.0 Å². The van der Waals surface area contributed by atoms with E-state index < -0.39 is 31.3 Å². The number of benzene rings is 2. The Labute approximate surface area is 118 Å². The molecule has 7 nitrogen and oxygen atoms in total. The quantitative estimate of drug-likeness (QED) is 0.511. The van der Waals surface area contributed by atoms with Crippen LogP contribution in [0.4, 0.5) is 15.8 Å². The zero-order valence-corrected chi connectivity index (χ0v) is 11.2. The highest BCUT2D eigenvalue weighted by Crippen LogP contribution is 2.27. The molecule has 21 heavy (non-hydrogen) atoms. The maximum atomic E-state index is 13.6. The van der Waals surface area contributed by atoms with Gasteiger partial charge in [-0.05, 0) is 18.2 Å². The molecule has 0 atom stereocenters. The van der Waals surface area contributed by atoms with Crippen LogP contribution in [0.2, 0.25) is 0 Å². The standard InChI is InChI=1S/C12H9FN2O5S/c13-9-6-5-8(15(17)18)7-12(9)21(19,20)14-10-3-1-2-4-11(10)16/h1-7,14,16H. The third-order valence-electron chi connectivity index (χ3n) is 2.56. The first-order valence-electron chi connectivity index (χ1n) is 5.56. The fourth-order valence-electron chi connectivity index (χ4n) is 1.57. The summed E-state index contributed by atoms with van der Waals surface area (Å²) in [4.78, 5) is 8.92. The fraction of sp³-hybridized carbons (Fsp3) is 0. The van der Waals surface area contributed by atoms with Gasteiger partial charge in [0, 0.05) is 12.1 Å². The van der Waals surface area contributed by atoms with Crippen LogP contribution in [-0.2, 0) is 10.0 Å². The highest BCUT2D eigenvalue weighted by atomic mass is 32.2. The van der Waals surface area contributed by atoms with Crippen molar-refractivity contribution >= 4 is 21.4 Å². The number of nitro groups is 1. The van der Waals surface area contributed by atoms with Crippen molar-refractivity contribution in [1.29, 1.82) is 0 Å². The van der Waals surface area contributed by atoms with Crippen LogP contribution in [0.25, 0.3) is 0 Å². The van der Waals surface area contributed by atoms with Crippen LogP contribution < -0.4 is 4.72 Å². The number of nitro benzene ring substituents is 1. The Bertz CT molecular complexity index is 807. The van der Waals surface area contributed by atoms with Gasteiger partial charge in [0.1, 0.15) is 16.5 Å². The van der Waals surface area contributed by atoms with Gasteiger partial charge in [0.25, 0.3) is 15.7 Å². The molecule has 0 aliphatic heterocycles. The molecule has 0 bridgehead atoms. The van der Waals surface area contributed by atoms with Gasteiger partial charge in [0.05, 0.1) is 10.6 Å². The van der Waals surface area contributed by atoms with E-state index in [-0.39, 0.29) is 11.4 Å². The summed E-state index contributed by atoms with van der Waals surface area (Å²) >= 11 is 0.